The lowest BCUT2D eigenvalue weighted by Crippen LogP contribution is -2.19. The molecule has 0 radical (unpaired) electrons. The van der Waals surface area contributed by atoms with E-state index in [0.717, 1.165) is 25.7 Å². The maximum Gasteiger partial charge on any atom is 0.142 e. The molecule has 0 aliphatic carbocycles. The van der Waals surface area contributed by atoms with Crippen LogP contribution in [0.4, 0.5) is 0 Å². The molecule has 0 saturated heterocycles. The van der Waals surface area contributed by atoms with Crippen molar-refractivity contribution in [3.05, 3.63) is 12.2 Å². The minimum atomic E-state index is -0.00724. The Labute approximate surface area is 93.7 Å². The van der Waals surface area contributed by atoms with E-state index in [1.165, 1.54) is 19.3 Å². The van der Waals surface area contributed by atoms with Crippen molar-refractivity contribution in [1.29, 1.82) is 0 Å². The summed E-state index contributed by atoms with van der Waals surface area (Å²) in [6.45, 7) is 7.10. The van der Waals surface area contributed by atoms with Gasteiger partial charge in [0.15, 0.2) is 0 Å². The van der Waals surface area contributed by atoms with Crippen molar-refractivity contribution in [2.75, 3.05) is 6.61 Å². The van der Waals surface area contributed by atoms with Crippen molar-refractivity contribution in [1.82, 2.24) is 0 Å². The van der Waals surface area contributed by atoms with Crippen molar-refractivity contribution in [3.8, 4) is 0 Å². The Morgan fingerprint density at radius 2 is 1.73 bits per heavy atom. The number of hydrogen-bond donors (Lipinski definition) is 0. The van der Waals surface area contributed by atoms with Gasteiger partial charge in [-0.15, -0.1) is 0 Å². The van der Waals surface area contributed by atoms with Crippen LogP contribution in [0.3, 0.4) is 0 Å². The molecule has 15 heavy (non-hydrogen) atoms. The lowest BCUT2D eigenvalue weighted by molar-refractivity contribution is -0.104. The second kappa shape index (κ2) is 8.66. The monoisotopic (exact) mass is 212 g/mol. The highest BCUT2D eigenvalue weighted by molar-refractivity contribution is 5.64. The van der Waals surface area contributed by atoms with E-state index in [2.05, 4.69) is 20.8 Å². The van der Waals surface area contributed by atoms with Gasteiger partial charge in [0.2, 0.25) is 0 Å². The standard InChI is InChI=1S/C13H24O2/c1-13(2,3)15-12-10-8-6-4-5-7-9-11-14/h7,9,11H,4-6,8,10,12H2,1-3H3/b9-7+. The van der Waals surface area contributed by atoms with Crippen LogP contribution in [0.1, 0.15) is 52.9 Å². The van der Waals surface area contributed by atoms with Crippen LogP contribution in [0, 0.1) is 0 Å². The lowest BCUT2D eigenvalue weighted by Gasteiger charge is -2.19. The zero-order valence-corrected chi connectivity index (χ0v) is 10.3. The summed E-state index contributed by atoms with van der Waals surface area (Å²) >= 11 is 0. The van der Waals surface area contributed by atoms with Crippen molar-refractivity contribution in [2.45, 2.75) is 58.5 Å². The molecule has 2 nitrogen and oxygen atoms in total. The van der Waals surface area contributed by atoms with Gasteiger partial charge in [-0.05, 0) is 46.1 Å². The SMILES string of the molecule is CC(C)(C)OCCCCCC/C=C/C=O. The molecule has 0 aromatic heterocycles. The van der Waals surface area contributed by atoms with E-state index in [9.17, 15) is 4.79 Å². The average Bonchev–Trinajstić information content (AvgIpc) is 2.14. The molecule has 0 fully saturated rings. The first-order valence-corrected chi connectivity index (χ1v) is 5.80. The smallest absolute Gasteiger partial charge is 0.142 e. The molecule has 2 heteroatoms. The number of rotatable bonds is 8. The molecule has 0 atom stereocenters. The molecule has 0 spiro atoms. The lowest BCUT2D eigenvalue weighted by atomic mass is 10.1. The third kappa shape index (κ3) is 13.4. The zero-order chi connectivity index (χ0) is 11.6. The Bertz CT molecular complexity index is 177. The van der Waals surface area contributed by atoms with Crippen LogP contribution in [-0.4, -0.2) is 18.5 Å². The van der Waals surface area contributed by atoms with Gasteiger partial charge in [0.25, 0.3) is 0 Å². The molecule has 88 valence electrons. The van der Waals surface area contributed by atoms with Gasteiger partial charge < -0.3 is 4.74 Å². The molecule has 0 bridgehead atoms. The number of carbonyl (C=O) groups is 1. The average molecular weight is 212 g/mol. The Morgan fingerprint density at radius 3 is 2.33 bits per heavy atom. The fourth-order valence-corrected chi connectivity index (χ4v) is 1.25. The number of allylic oxidation sites excluding steroid dienone is 2. The van der Waals surface area contributed by atoms with Crippen molar-refractivity contribution in [3.63, 3.8) is 0 Å². The highest BCUT2D eigenvalue weighted by atomic mass is 16.5. The quantitative estimate of drug-likeness (QED) is 0.349. The van der Waals surface area contributed by atoms with Gasteiger partial charge in [-0.3, -0.25) is 4.79 Å². The van der Waals surface area contributed by atoms with Crippen LogP contribution < -0.4 is 0 Å². The molecule has 0 aliphatic rings. The van der Waals surface area contributed by atoms with Gasteiger partial charge in [0.1, 0.15) is 6.29 Å². The highest BCUT2D eigenvalue weighted by Gasteiger charge is 2.08. The third-order valence-corrected chi connectivity index (χ3v) is 2.01. The Hall–Kier alpha value is -0.630. The van der Waals surface area contributed by atoms with Crippen LogP contribution >= 0.6 is 0 Å². The van der Waals surface area contributed by atoms with Crippen LogP contribution in [-0.2, 0) is 9.53 Å². The summed E-state index contributed by atoms with van der Waals surface area (Å²) < 4.78 is 5.61. The van der Waals surface area contributed by atoms with Gasteiger partial charge >= 0.3 is 0 Å². The Morgan fingerprint density at radius 1 is 1.07 bits per heavy atom. The summed E-state index contributed by atoms with van der Waals surface area (Å²) in [7, 11) is 0. The molecule has 0 aromatic carbocycles. The van der Waals surface area contributed by atoms with E-state index < -0.39 is 0 Å². The Balaban J connectivity index is 3.12. The molecule has 0 N–H and O–H groups in total. The van der Waals surface area contributed by atoms with Crippen molar-refractivity contribution < 1.29 is 9.53 Å². The van der Waals surface area contributed by atoms with E-state index in [-0.39, 0.29) is 5.60 Å². The molecular weight excluding hydrogens is 188 g/mol. The highest BCUT2D eigenvalue weighted by Crippen LogP contribution is 2.09. The molecule has 0 aliphatic heterocycles. The first-order chi connectivity index (χ1) is 7.06. The summed E-state index contributed by atoms with van der Waals surface area (Å²) in [4.78, 5) is 9.97. The second-order valence-electron chi connectivity index (χ2n) is 4.73. The predicted molar refractivity (Wildman–Crippen MR) is 64.0 cm³/mol. The molecular formula is C13H24O2. The van der Waals surface area contributed by atoms with E-state index in [0.29, 0.717) is 0 Å². The van der Waals surface area contributed by atoms with Gasteiger partial charge in [-0.25, -0.2) is 0 Å². The van der Waals surface area contributed by atoms with E-state index in [1.807, 2.05) is 6.08 Å². The maximum absolute atomic E-state index is 9.97. The first-order valence-electron chi connectivity index (χ1n) is 5.80. The second-order valence-corrected chi connectivity index (χ2v) is 4.73. The van der Waals surface area contributed by atoms with Crippen LogP contribution in [0.25, 0.3) is 0 Å². The van der Waals surface area contributed by atoms with Crippen LogP contribution in [0.5, 0.6) is 0 Å². The Kier molecular flexibility index (Phi) is 8.30. The van der Waals surface area contributed by atoms with Crippen LogP contribution in [0.15, 0.2) is 12.2 Å². The molecule has 0 unspecified atom stereocenters. The van der Waals surface area contributed by atoms with Gasteiger partial charge in [-0.1, -0.05) is 18.9 Å². The normalized spacial score (nSPS) is 12.2. The van der Waals surface area contributed by atoms with Crippen molar-refractivity contribution >= 4 is 6.29 Å². The zero-order valence-electron chi connectivity index (χ0n) is 10.3. The predicted octanol–water partition coefficient (Wildman–Crippen LogP) is 3.51. The summed E-state index contributed by atoms with van der Waals surface area (Å²) in [6, 6.07) is 0. The fraction of sp³-hybridized carbons (Fsp3) is 0.769. The molecule has 0 aromatic rings. The van der Waals surface area contributed by atoms with E-state index in [1.54, 1.807) is 6.08 Å². The number of hydrogen-bond acceptors (Lipinski definition) is 2. The topological polar surface area (TPSA) is 26.3 Å². The largest absolute Gasteiger partial charge is 0.376 e. The van der Waals surface area contributed by atoms with Crippen molar-refractivity contribution in [2.24, 2.45) is 0 Å². The summed E-state index contributed by atoms with van der Waals surface area (Å²) in [5.41, 5.74) is -0.00724. The molecule has 0 rings (SSSR count). The van der Waals surface area contributed by atoms with E-state index in [4.69, 9.17) is 4.74 Å². The number of ether oxygens (including phenoxy) is 1. The minimum absolute atomic E-state index is 0.00724. The number of unbranched alkanes of at least 4 members (excludes halogenated alkanes) is 4. The first kappa shape index (κ1) is 14.4. The maximum atomic E-state index is 9.97. The number of aldehydes is 1. The van der Waals surface area contributed by atoms with Gasteiger partial charge in [0.05, 0.1) is 5.60 Å². The van der Waals surface area contributed by atoms with Gasteiger partial charge in [0, 0.05) is 6.61 Å². The third-order valence-electron chi connectivity index (χ3n) is 2.01. The molecule has 0 amide bonds. The molecule has 0 saturated carbocycles. The molecule has 0 heterocycles. The summed E-state index contributed by atoms with van der Waals surface area (Å²) in [5.74, 6) is 0. The van der Waals surface area contributed by atoms with Crippen LogP contribution in [0.2, 0.25) is 0 Å². The number of carbonyl (C=O) groups excluding carboxylic acids is 1. The van der Waals surface area contributed by atoms with Gasteiger partial charge in [-0.2, -0.15) is 0 Å². The fourth-order valence-electron chi connectivity index (χ4n) is 1.25. The summed E-state index contributed by atoms with van der Waals surface area (Å²) in [6.07, 6.45) is 10.1. The summed E-state index contributed by atoms with van der Waals surface area (Å²) in [5, 5.41) is 0. The van der Waals surface area contributed by atoms with E-state index >= 15 is 0 Å². The minimum Gasteiger partial charge on any atom is -0.376 e.